The Kier molecular flexibility index (Phi) is 4.46. The van der Waals surface area contributed by atoms with E-state index in [4.69, 9.17) is 0 Å². The Morgan fingerprint density at radius 3 is 2.26 bits per heavy atom. The first-order valence-electron chi connectivity index (χ1n) is 6.36. The lowest BCUT2D eigenvalue weighted by Gasteiger charge is -2.10. The Hall–Kier alpha value is -3.14. The number of halogens is 3. The zero-order valence-electron chi connectivity index (χ0n) is 11.5. The second kappa shape index (κ2) is 6.32. The quantitative estimate of drug-likeness (QED) is 0.357. The molecule has 0 aromatic heterocycles. The molecule has 2 rings (SSSR count). The number of hydrogen-bond acceptors (Lipinski definition) is 3. The molecule has 0 aliphatic heterocycles. The highest BCUT2D eigenvalue weighted by molar-refractivity contribution is 5.90. The molecule has 0 aliphatic carbocycles. The van der Waals surface area contributed by atoms with Gasteiger partial charge in [0, 0.05) is 12.1 Å². The first-order valence-corrected chi connectivity index (χ1v) is 6.36. The van der Waals surface area contributed by atoms with Crippen molar-refractivity contribution < 1.29 is 18.1 Å². The van der Waals surface area contributed by atoms with Gasteiger partial charge in [-0.15, -0.1) is 0 Å². The van der Waals surface area contributed by atoms with Crippen LogP contribution in [0, 0.1) is 21.4 Å². The van der Waals surface area contributed by atoms with Gasteiger partial charge < -0.3 is 0 Å². The average molecular weight is 318 g/mol. The molecule has 0 heterocycles. The molecule has 2 aromatic carbocycles. The number of nitrogens with zero attached hydrogens (tertiary/aromatic N) is 2. The summed E-state index contributed by atoms with van der Waals surface area (Å²) in [6.45, 7) is 0. The first-order chi connectivity index (χ1) is 10.8. The van der Waals surface area contributed by atoms with Crippen molar-refractivity contribution in [2.75, 3.05) is 0 Å². The van der Waals surface area contributed by atoms with Crippen LogP contribution in [0.1, 0.15) is 16.7 Å². The number of nitro benzene ring substituents is 1. The van der Waals surface area contributed by atoms with Gasteiger partial charge in [-0.2, -0.15) is 18.4 Å². The topological polar surface area (TPSA) is 66.9 Å². The number of hydrogen-bond donors (Lipinski definition) is 0. The molecule has 7 heteroatoms. The fraction of sp³-hybridized carbons (Fsp3) is 0.0625. The van der Waals surface area contributed by atoms with E-state index < -0.39 is 16.7 Å². The van der Waals surface area contributed by atoms with Crippen molar-refractivity contribution in [1.29, 1.82) is 5.26 Å². The molecule has 0 aliphatic rings. The van der Waals surface area contributed by atoms with Crippen molar-refractivity contribution in [3.8, 4) is 6.07 Å². The minimum atomic E-state index is -4.54. The summed E-state index contributed by atoms with van der Waals surface area (Å²) in [7, 11) is 0. The molecule has 4 nitrogen and oxygen atoms in total. The number of allylic oxidation sites excluding steroid dienone is 1. The third-order valence-corrected chi connectivity index (χ3v) is 3.08. The van der Waals surface area contributed by atoms with Crippen LogP contribution in [0.4, 0.5) is 18.9 Å². The first kappa shape index (κ1) is 16.2. The summed E-state index contributed by atoms with van der Waals surface area (Å²) in [4.78, 5) is 10.00. The van der Waals surface area contributed by atoms with E-state index in [9.17, 15) is 28.5 Å². The second-order valence-electron chi connectivity index (χ2n) is 4.56. The molecule has 0 bridgehead atoms. The van der Waals surface area contributed by atoms with E-state index in [-0.39, 0.29) is 16.8 Å². The SMILES string of the molecule is N#CC(=Cc1ccccc1C(F)(F)F)c1ccc([N+](=O)[O-])cc1. The van der Waals surface area contributed by atoms with Crippen molar-refractivity contribution in [2.24, 2.45) is 0 Å². The van der Waals surface area contributed by atoms with Crippen molar-refractivity contribution in [2.45, 2.75) is 6.18 Å². The fourth-order valence-electron chi connectivity index (χ4n) is 1.98. The smallest absolute Gasteiger partial charge is 0.258 e. The molecule has 0 radical (unpaired) electrons. The summed E-state index contributed by atoms with van der Waals surface area (Å²) in [6, 6.07) is 11.7. The molecule has 0 atom stereocenters. The summed E-state index contributed by atoms with van der Waals surface area (Å²) in [5.74, 6) is 0. The van der Waals surface area contributed by atoms with Gasteiger partial charge in [0.1, 0.15) is 0 Å². The number of rotatable bonds is 3. The van der Waals surface area contributed by atoms with Crippen LogP contribution in [0.25, 0.3) is 11.6 Å². The molecule has 0 unspecified atom stereocenters. The van der Waals surface area contributed by atoms with Crippen LogP contribution in [0.15, 0.2) is 48.5 Å². The molecular weight excluding hydrogens is 309 g/mol. The van der Waals surface area contributed by atoms with Crippen LogP contribution in [0.2, 0.25) is 0 Å². The van der Waals surface area contributed by atoms with E-state index in [1.807, 2.05) is 6.07 Å². The van der Waals surface area contributed by atoms with Gasteiger partial charge in [0.05, 0.1) is 22.1 Å². The lowest BCUT2D eigenvalue weighted by molar-refractivity contribution is -0.384. The largest absolute Gasteiger partial charge is 0.416 e. The van der Waals surface area contributed by atoms with E-state index in [0.717, 1.165) is 12.1 Å². The molecule has 116 valence electrons. The third-order valence-electron chi connectivity index (χ3n) is 3.08. The second-order valence-corrected chi connectivity index (χ2v) is 4.56. The van der Waals surface area contributed by atoms with Gasteiger partial charge in [-0.05, 0) is 35.4 Å². The standard InChI is InChI=1S/C16H9F3N2O2/c17-16(18,19)15-4-2-1-3-12(15)9-13(10-20)11-5-7-14(8-6-11)21(22)23/h1-9H. The Bertz CT molecular complexity index is 803. The molecular formula is C16H9F3N2O2. The normalized spacial score (nSPS) is 11.8. The molecule has 0 amide bonds. The van der Waals surface area contributed by atoms with Crippen LogP contribution in [0.5, 0.6) is 0 Å². The predicted octanol–water partition coefficient (Wildman–Crippen LogP) is 4.68. The van der Waals surface area contributed by atoms with E-state index >= 15 is 0 Å². The van der Waals surface area contributed by atoms with Gasteiger partial charge in [0.15, 0.2) is 0 Å². The van der Waals surface area contributed by atoms with Gasteiger partial charge >= 0.3 is 6.18 Å². The highest BCUT2D eigenvalue weighted by Gasteiger charge is 2.32. The van der Waals surface area contributed by atoms with Crippen molar-refractivity contribution in [3.05, 3.63) is 75.3 Å². The van der Waals surface area contributed by atoms with Gasteiger partial charge in [-0.3, -0.25) is 10.1 Å². The Balaban J connectivity index is 2.48. The predicted molar refractivity (Wildman–Crippen MR) is 78.0 cm³/mol. The van der Waals surface area contributed by atoms with E-state index in [0.29, 0.717) is 5.56 Å². The highest BCUT2D eigenvalue weighted by atomic mass is 19.4. The number of non-ortho nitro benzene ring substituents is 1. The number of nitriles is 1. The average Bonchev–Trinajstić information content (AvgIpc) is 2.52. The van der Waals surface area contributed by atoms with Crippen molar-refractivity contribution in [1.82, 2.24) is 0 Å². The minimum Gasteiger partial charge on any atom is -0.258 e. The summed E-state index contributed by atoms with van der Waals surface area (Å²) in [6.07, 6.45) is -3.42. The molecule has 0 N–H and O–H groups in total. The fourth-order valence-corrected chi connectivity index (χ4v) is 1.98. The van der Waals surface area contributed by atoms with Gasteiger partial charge in [0.25, 0.3) is 5.69 Å². The van der Waals surface area contributed by atoms with Crippen LogP contribution in [0.3, 0.4) is 0 Å². The number of alkyl halides is 3. The van der Waals surface area contributed by atoms with Gasteiger partial charge in [-0.1, -0.05) is 18.2 Å². The summed E-state index contributed by atoms with van der Waals surface area (Å²) < 4.78 is 38.9. The van der Waals surface area contributed by atoms with E-state index in [2.05, 4.69) is 0 Å². The van der Waals surface area contributed by atoms with Crippen LogP contribution >= 0.6 is 0 Å². The van der Waals surface area contributed by atoms with Crippen LogP contribution in [-0.4, -0.2) is 4.92 Å². The monoisotopic (exact) mass is 318 g/mol. The molecule has 0 saturated heterocycles. The maximum Gasteiger partial charge on any atom is 0.416 e. The van der Waals surface area contributed by atoms with Crippen LogP contribution < -0.4 is 0 Å². The molecule has 0 spiro atoms. The van der Waals surface area contributed by atoms with Crippen molar-refractivity contribution in [3.63, 3.8) is 0 Å². The van der Waals surface area contributed by atoms with Crippen molar-refractivity contribution >= 4 is 17.3 Å². The molecule has 0 saturated carbocycles. The number of benzene rings is 2. The summed E-state index contributed by atoms with van der Waals surface area (Å²) >= 11 is 0. The van der Waals surface area contributed by atoms with E-state index in [1.165, 1.54) is 42.5 Å². The lowest BCUT2D eigenvalue weighted by Crippen LogP contribution is -2.07. The van der Waals surface area contributed by atoms with E-state index in [1.54, 1.807) is 0 Å². The summed E-state index contributed by atoms with van der Waals surface area (Å²) in [5.41, 5.74) is -0.877. The Morgan fingerprint density at radius 2 is 1.74 bits per heavy atom. The molecule has 0 fully saturated rings. The third kappa shape index (κ3) is 3.74. The highest BCUT2D eigenvalue weighted by Crippen LogP contribution is 2.33. The number of nitro groups is 1. The Morgan fingerprint density at radius 1 is 1.13 bits per heavy atom. The minimum absolute atomic E-state index is 0.0170. The molecule has 23 heavy (non-hydrogen) atoms. The maximum absolute atomic E-state index is 13.0. The Labute approximate surface area is 129 Å². The lowest BCUT2D eigenvalue weighted by atomic mass is 10.0. The maximum atomic E-state index is 13.0. The van der Waals surface area contributed by atoms with Gasteiger partial charge in [-0.25, -0.2) is 0 Å². The zero-order valence-corrected chi connectivity index (χ0v) is 11.5. The zero-order chi connectivity index (χ0) is 17.0. The molecule has 2 aromatic rings. The van der Waals surface area contributed by atoms with Gasteiger partial charge in [0.2, 0.25) is 0 Å². The van der Waals surface area contributed by atoms with Crippen LogP contribution in [-0.2, 0) is 6.18 Å². The summed E-state index contributed by atoms with van der Waals surface area (Å²) in [5, 5.41) is 19.8.